The van der Waals surface area contributed by atoms with Crippen LogP contribution < -0.4 is 16.0 Å². The molecular formula is C30H41N7O4. The summed E-state index contributed by atoms with van der Waals surface area (Å²) < 4.78 is 0. The minimum Gasteiger partial charge on any atom is -0.410 e. The van der Waals surface area contributed by atoms with Crippen LogP contribution in [0, 0.1) is 11.3 Å². The monoisotopic (exact) mass is 563 g/mol. The summed E-state index contributed by atoms with van der Waals surface area (Å²) in [6.07, 6.45) is 5.84. The van der Waals surface area contributed by atoms with E-state index in [0.717, 1.165) is 45.2 Å². The van der Waals surface area contributed by atoms with Crippen LogP contribution in [0.3, 0.4) is 0 Å². The van der Waals surface area contributed by atoms with Crippen molar-refractivity contribution in [2.75, 3.05) is 25.0 Å². The Bertz CT molecular complexity index is 1270. The molecule has 5 N–H and O–H groups in total. The number of aromatic nitrogens is 2. The lowest BCUT2D eigenvalue weighted by Crippen LogP contribution is -2.59. The Hall–Kier alpha value is -3.57. The molecule has 11 heteroatoms. The number of anilines is 1. The first-order valence-corrected chi connectivity index (χ1v) is 14.6. The largest absolute Gasteiger partial charge is 0.410 e. The molecule has 2 amide bonds. The third-order valence-electron chi connectivity index (χ3n) is 8.47. The van der Waals surface area contributed by atoms with Gasteiger partial charge in [-0.3, -0.25) is 14.5 Å². The van der Waals surface area contributed by atoms with Crippen molar-refractivity contribution in [3.05, 3.63) is 53.5 Å². The molecule has 2 heterocycles. The number of fused-ring (bicyclic) bond motifs is 1. The Balaban J connectivity index is 1.02. The third kappa shape index (κ3) is 7.20. The van der Waals surface area contributed by atoms with Crippen molar-refractivity contribution in [1.82, 2.24) is 25.5 Å². The summed E-state index contributed by atoms with van der Waals surface area (Å²) in [4.78, 5) is 35.7. The van der Waals surface area contributed by atoms with Crippen molar-refractivity contribution in [3.8, 4) is 0 Å². The number of benzene rings is 1. The molecule has 0 bridgehead atoms. The van der Waals surface area contributed by atoms with Gasteiger partial charge in [-0.05, 0) is 54.6 Å². The first-order chi connectivity index (χ1) is 19.7. The quantitative estimate of drug-likeness (QED) is 0.159. The smallest absolute Gasteiger partial charge is 0.270 e. The van der Waals surface area contributed by atoms with Gasteiger partial charge in [0.15, 0.2) is 0 Å². The zero-order valence-electron chi connectivity index (χ0n) is 23.8. The number of hydrogen-bond donors (Lipinski definition) is 5. The van der Waals surface area contributed by atoms with Crippen molar-refractivity contribution in [1.29, 1.82) is 0 Å². The molecule has 1 aliphatic heterocycles. The van der Waals surface area contributed by atoms with E-state index < -0.39 is 6.10 Å². The highest BCUT2D eigenvalue weighted by Crippen LogP contribution is 2.56. The molecule has 3 aliphatic rings. The summed E-state index contributed by atoms with van der Waals surface area (Å²) >= 11 is 0. The van der Waals surface area contributed by atoms with E-state index in [1.807, 2.05) is 19.9 Å². The average molecular weight is 564 g/mol. The summed E-state index contributed by atoms with van der Waals surface area (Å²) in [6.45, 7) is 6.29. The Morgan fingerprint density at radius 2 is 1.85 bits per heavy atom. The molecule has 1 spiro atoms. The lowest BCUT2D eigenvalue weighted by molar-refractivity contribution is -0.118. The molecule has 2 fully saturated rings. The van der Waals surface area contributed by atoms with Crippen LogP contribution in [0.5, 0.6) is 0 Å². The lowest BCUT2D eigenvalue weighted by atomic mass is 9.52. The number of carbonyl (C=O) groups is 2. The van der Waals surface area contributed by atoms with Crippen LogP contribution in [-0.4, -0.2) is 80.5 Å². The van der Waals surface area contributed by atoms with E-state index in [0.29, 0.717) is 18.8 Å². The Labute approximate surface area is 240 Å². The molecule has 1 aromatic carbocycles. The molecule has 2 saturated carbocycles. The van der Waals surface area contributed by atoms with E-state index in [-0.39, 0.29) is 53.2 Å². The molecule has 0 radical (unpaired) electrons. The highest BCUT2D eigenvalue weighted by Gasteiger charge is 2.53. The van der Waals surface area contributed by atoms with Crippen LogP contribution >= 0.6 is 0 Å². The van der Waals surface area contributed by atoms with E-state index in [4.69, 9.17) is 5.21 Å². The van der Waals surface area contributed by atoms with Crippen molar-refractivity contribution in [3.63, 3.8) is 0 Å². The zero-order chi connectivity index (χ0) is 29.0. The number of nitrogens with zero attached hydrogens (tertiary/aromatic N) is 4. The van der Waals surface area contributed by atoms with Gasteiger partial charge in [-0.2, -0.15) is 0 Å². The SMILES string of the molecule is CC(C)CC(=NO)C(=O)NC1CC2(C1)CC(Nc1cc(C(=O)NC[C@H](O)CN3CCc4ccccc4C3)ncn1)C2. The average Bonchev–Trinajstić information content (AvgIpc) is 2.92. The second kappa shape index (κ2) is 12.5. The van der Waals surface area contributed by atoms with Crippen molar-refractivity contribution < 1.29 is 19.9 Å². The second-order valence-corrected chi connectivity index (χ2v) is 12.4. The first-order valence-electron chi connectivity index (χ1n) is 14.6. The van der Waals surface area contributed by atoms with Gasteiger partial charge in [0.2, 0.25) is 0 Å². The Morgan fingerprint density at radius 3 is 2.59 bits per heavy atom. The topological polar surface area (TPSA) is 152 Å². The summed E-state index contributed by atoms with van der Waals surface area (Å²) in [5, 5.41) is 32.1. The number of aliphatic hydroxyl groups is 1. The maximum atomic E-state index is 12.7. The number of amides is 2. The molecule has 1 atom stereocenters. The van der Waals surface area contributed by atoms with Gasteiger partial charge in [0.25, 0.3) is 11.8 Å². The van der Waals surface area contributed by atoms with Gasteiger partial charge >= 0.3 is 0 Å². The first kappa shape index (κ1) is 28.9. The Morgan fingerprint density at radius 1 is 1.12 bits per heavy atom. The van der Waals surface area contributed by atoms with E-state index in [1.165, 1.54) is 17.5 Å². The standard InChI is InChI=1S/C30H41N7O4/c1-19(2)9-26(36-41)29(40)35-23-13-30(14-23)11-22(12-30)34-27-10-25(32-18-33-27)28(39)31-15-24(38)17-37-8-7-20-5-3-4-6-21(20)16-37/h3-6,10,18-19,22-24,38,41H,7-9,11-17H2,1-2H3,(H,31,39)(H,35,40)(H,32,33,34)/t22?,23?,24-,30?/m0/s1. The summed E-state index contributed by atoms with van der Waals surface area (Å²) in [5.41, 5.74) is 3.30. The molecule has 11 nitrogen and oxygen atoms in total. The number of hydrogen-bond acceptors (Lipinski definition) is 9. The van der Waals surface area contributed by atoms with Gasteiger partial charge in [0.05, 0.1) is 6.10 Å². The molecule has 0 saturated heterocycles. The third-order valence-corrected chi connectivity index (χ3v) is 8.47. The molecule has 2 aromatic rings. The number of aliphatic hydroxyl groups excluding tert-OH is 1. The van der Waals surface area contributed by atoms with Gasteiger partial charge in [0.1, 0.15) is 23.6 Å². The number of carbonyl (C=O) groups excluding carboxylic acids is 2. The van der Waals surface area contributed by atoms with Crippen molar-refractivity contribution >= 4 is 23.3 Å². The van der Waals surface area contributed by atoms with Crippen LogP contribution in [0.1, 0.15) is 67.6 Å². The number of rotatable bonds is 11. The number of β-amino-alcohol motifs (C(OH)–C–C–N with tert-alkyl or cyclic N) is 1. The minimum atomic E-state index is -0.677. The summed E-state index contributed by atoms with van der Waals surface area (Å²) in [5.74, 6) is 0.205. The fourth-order valence-electron chi connectivity index (χ4n) is 6.49. The normalized spacial score (nSPS) is 24.6. The van der Waals surface area contributed by atoms with E-state index in [2.05, 4.69) is 54.2 Å². The highest BCUT2D eigenvalue weighted by atomic mass is 16.4. The molecule has 5 rings (SSSR count). The second-order valence-electron chi connectivity index (χ2n) is 12.4. The molecule has 2 aliphatic carbocycles. The fraction of sp³-hybridized carbons (Fsp3) is 0.567. The van der Waals surface area contributed by atoms with E-state index in [1.54, 1.807) is 6.07 Å². The molecule has 1 aromatic heterocycles. The number of oxime groups is 1. The number of nitrogens with one attached hydrogen (secondary N) is 3. The van der Waals surface area contributed by atoms with Crippen molar-refractivity contribution in [2.24, 2.45) is 16.5 Å². The Kier molecular flexibility index (Phi) is 8.84. The van der Waals surface area contributed by atoms with Gasteiger partial charge in [-0.15, -0.1) is 0 Å². The predicted octanol–water partition coefficient (Wildman–Crippen LogP) is 2.34. The summed E-state index contributed by atoms with van der Waals surface area (Å²) in [6, 6.07) is 10.4. The van der Waals surface area contributed by atoms with Crippen molar-refractivity contribution in [2.45, 2.75) is 77.1 Å². The zero-order valence-corrected chi connectivity index (χ0v) is 23.8. The molecular weight excluding hydrogens is 522 g/mol. The van der Waals surface area contributed by atoms with Gasteiger partial charge < -0.3 is 26.3 Å². The van der Waals surface area contributed by atoms with Crippen LogP contribution in [0.4, 0.5) is 5.82 Å². The van der Waals surface area contributed by atoms with Gasteiger partial charge in [-0.1, -0.05) is 43.3 Å². The van der Waals surface area contributed by atoms with E-state index in [9.17, 15) is 14.7 Å². The summed E-state index contributed by atoms with van der Waals surface area (Å²) in [7, 11) is 0. The van der Waals surface area contributed by atoms with Crippen LogP contribution in [0.25, 0.3) is 0 Å². The van der Waals surface area contributed by atoms with Gasteiger partial charge in [-0.25, -0.2) is 9.97 Å². The van der Waals surface area contributed by atoms with Crippen LogP contribution in [-0.2, 0) is 17.8 Å². The predicted molar refractivity (Wildman–Crippen MR) is 155 cm³/mol. The molecule has 0 unspecified atom stereocenters. The van der Waals surface area contributed by atoms with Crippen LogP contribution in [0.2, 0.25) is 0 Å². The maximum absolute atomic E-state index is 12.7. The van der Waals surface area contributed by atoms with E-state index >= 15 is 0 Å². The van der Waals surface area contributed by atoms with Crippen LogP contribution in [0.15, 0.2) is 41.8 Å². The maximum Gasteiger partial charge on any atom is 0.270 e. The molecule has 41 heavy (non-hydrogen) atoms. The highest BCUT2D eigenvalue weighted by molar-refractivity contribution is 6.38. The molecule has 220 valence electrons. The van der Waals surface area contributed by atoms with Gasteiger partial charge in [0, 0.05) is 50.7 Å². The fourth-order valence-corrected chi connectivity index (χ4v) is 6.49. The minimum absolute atomic E-state index is 0.0998. The lowest BCUT2D eigenvalue weighted by Gasteiger charge is -2.57.